The van der Waals surface area contributed by atoms with E-state index in [1.54, 1.807) is 0 Å². The van der Waals surface area contributed by atoms with Crippen LogP contribution in [-0.2, 0) is 9.22 Å². The second-order valence-electron chi connectivity index (χ2n) is 6.80. The molecule has 1 amide bonds. The van der Waals surface area contributed by atoms with Gasteiger partial charge in [-0.25, -0.2) is 8.78 Å². The van der Waals surface area contributed by atoms with Crippen LogP contribution in [0, 0.1) is 0 Å². The predicted octanol–water partition coefficient (Wildman–Crippen LogP) is 3.70. The molecular formula is C14H27F2NO2Si. The van der Waals surface area contributed by atoms with Gasteiger partial charge in [-0.3, -0.25) is 4.79 Å². The van der Waals surface area contributed by atoms with Crippen molar-refractivity contribution >= 4 is 14.2 Å². The first-order valence-corrected chi connectivity index (χ1v) is 9.44. The molecule has 0 aliphatic carbocycles. The Kier molecular flexibility index (Phi) is 5.02. The number of halogens is 2. The molecule has 1 N–H and O–H groups in total. The van der Waals surface area contributed by atoms with Gasteiger partial charge in [-0.1, -0.05) is 41.5 Å². The van der Waals surface area contributed by atoms with Crippen molar-refractivity contribution in [2.45, 2.75) is 83.2 Å². The number of nitrogens with one attached hydrogen (secondary N) is 1. The van der Waals surface area contributed by atoms with Gasteiger partial charge in [0.15, 0.2) is 6.10 Å². The molecule has 118 valence electrons. The lowest BCUT2D eigenvalue weighted by Crippen LogP contribution is -2.72. The first-order chi connectivity index (χ1) is 8.94. The Morgan fingerprint density at radius 1 is 1.10 bits per heavy atom. The summed E-state index contributed by atoms with van der Waals surface area (Å²) in [5, 5.41) is 2.28. The van der Waals surface area contributed by atoms with Crippen LogP contribution in [0.3, 0.4) is 0 Å². The number of amides is 1. The quantitative estimate of drug-likeness (QED) is 0.600. The van der Waals surface area contributed by atoms with Gasteiger partial charge in [0.1, 0.15) is 6.04 Å². The normalized spacial score (nSPS) is 24.3. The van der Waals surface area contributed by atoms with Gasteiger partial charge in [0.2, 0.25) is 8.32 Å². The second-order valence-corrected chi connectivity index (χ2v) is 12.2. The number of hydrogen-bond donors (Lipinski definition) is 1. The van der Waals surface area contributed by atoms with Crippen molar-refractivity contribution < 1.29 is 18.0 Å². The molecule has 0 aromatic heterocycles. The number of carbonyl (C=O) groups is 1. The highest BCUT2D eigenvalue weighted by Gasteiger charge is 2.57. The average molecular weight is 307 g/mol. The zero-order chi connectivity index (χ0) is 15.9. The largest absolute Gasteiger partial charge is 0.402 e. The molecular weight excluding hydrogens is 280 g/mol. The molecule has 0 saturated carbocycles. The van der Waals surface area contributed by atoms with Gasteiger partial charge >= 0.3 is 0 Å². The molecule has 1 aliphatic rings. The van der Waals surface area contributed by atoms with Crippen molar-refractivity contribution in [3.8, 4) is 0 Å². The van der Waals surface area contributed by atoms with E-state index in [4.69, 9.17) is 4.43 Å². The highest BCUT2D eigenvalue weighted by molar-refractivity contribution is 6.77. The van der Waals surface area contributed by atoms with Crippen LogP contribution in [0.2, 0.25) is 16.6 Å². The topological polar surface area (TPSA) is 38.3 Å². The zero-order valence-electron chi connectivity index (χ0n) is 13.5. The minimum atomic E-state index is -2.95. The minimum absolute atomic E-state index is 0.266. The fraction of sp³-hybridized carbons (Fsp3) is 0.929. The van der Waals surface area contributed by atoms with Gasteiger partial charge in [-0.2, -0.15) is 0 Å². The minimum Gasteiger partial charge on any atom is -0.402 e. The summed E-state index contributed by atoms with van der Waals surface area (Å²) in [6.07, 6.45) is -1.01. The van der Waals surface area contributed by atoms with Gasteiger partial charge in [-0.15, -0.1) is 0 Å². The van der Waals surface area contributed by atoms with Gasteiger partial charge < -0.3 is 9.74 Å². The third-order valence-electron chi connectivity index (χ3n) is 4.44. The molecule has 1 aliphatic heterocycles. The lowest BCUT2D eigenvalue weighted by Gasteiger charge is -2.49. The Morgan fingerprint density at radius 2 is 1.50 bits per heavy atom. The van der Waals surface area contributed by atoms with Crippen LogP contribution in [0.4, 0.5) is 8.78 Å². The van der Waals surface area contributed by atoms with E-state index in [0.717, 1.165) is 6.92 Å². The highest BCUT2D eigenvalue weighted by Crippen LogP contribution is 2.44. The summed E-state index contributed by atoms with van der Waals surface area (Å²) in [5.41, 5.74) is 0.797. The third-order valence-corrected chi connectivity index (χ3v) is 10.5. The molecule has 20 heavy (non-hydrogen) atoms. The maximum atomic E-state index is 13.5. The summed E-state index contributed by atoms with van der Waals surface area (Å²) >= 11 is 0. The number of alkyl halides is 2. The van der Waals surface area contributed by atoms with E-state index in [1.165, 1.54) is 0 Å². The monoisotopic (exact) mass is 307 g/mol. The average Bonchev–Trinajstić information content (AvgIpc) is 2.23. The van der Waals surface area contributed by atoms with Crippen molar-refractivity contribution in [1.82, 2.24) is 5.32 Å². The van der Waals surface area contributed by atoms with E-state index in [1.807, 2.05) is 0 Å². The Morgan fingerprint density at radius 3 is 1.75 bits per heavy atom. The summed E-state index contributed by atoms with van der Waals surface area (Å²) in [7, 11) is -2.32. The molecule has 0 spiro atoms. The van der Waals surface area contributed by atoms with Crippen LogP contribution < -0.4 is 5.32 Å². The molecule has 1 heterocycles. The van der Waals surface area contributed by atoms with E-state index >= 15 is 0 Å². The molecule has 0 aromatic carbocycles. The van der Waals surface area contributed by atoms with Gasteiger partial charge in [-0.05, 0) is 16.6 Å². The second kappa shape index (κ2) is 5.71. The fourth-order valence-electron chi connectivity index (χ4n) is 3.51. The van der Waals surface area contributed by atoms with Crippen LogP contribution in [0.25, 0.3) is 0 Å². The number of carbonyl (C=O) groups excluding carboxylic acids is 1. The Hall–Kier alpha value is -0.493. The molecule has 0 bridgehead atoms. The van der Waals surface area contributed by atoms with Crippen molar-refractivity contribution in [2.24, 2.45) is 0 Å². The Labute approximate surface area is 121 Å². The van der Waals surface area contributed by atoms with Crippen LogP contribution in [0.1, 0.15) is 48.5 Å². The Balaban J connectivity index is 3.04. The van der Waals surface area contributed by atoms with E-state index in [-0.39, 0.29) is 16.6 Å². The molecule has 3 nitrogen and oxygen atoms in total. The van der Waals surface area contributed by atoms with Gasteiger partial charge in [0.25, 0.3) is 11.8 Å². The summed E-state index contributed by atoms with van der Waals surface area (Å²) < 4.78 is 33.1. The number of β-lactam (4-membered cyclic amide) rings is 1. The SMILES string of the molecule is CC(C)[Si](O[C@H]1C(=O)N[C@H]1C(C)(F)F)(C(C)C)C(C)C. The predicted molar refractivity (Wildman–Crippen MR) is 78.5 cm³/mol. The number of rotatable bonds is 6. The first kappa shape index (κ1) is 17.6. The van der Waals surface area contributed by atoms with E-state index in [2.05, 4.69) is 46.9 Å². The standard InChI is InChI=1S/C14H27F2NO2Si/c1-8(2)20(9(3)4,10(5)6)19-11-12(14(7,15)16)17-13(11)18/h8-12H,1-7H3,(H,17,18)/t11-,12-/m1/s1. The van der Waals surface area contributed by atoms with Crippen LogP contribution in [-0.4, -0.2) is 32.3 Å². The molecule has 1 fully saturated rings. The number of hydrogen-bond acceptors (Lipinski definition) is 2. The van der Waals surface area contributed by atoms with E-state index in [0.29, 0.717) is 0 Å². The fourth-order valence-corrected chi connectivity index (χ4v) is 9.01. The van der Waals surface area contributed by atoms with Crippen molar-refractivity contribution in [2.75, 3.05) is 0 Å². The smallest absolute Gasteiger partial charge is 0.268 e. The maximum absolute atomic E-state index is 13.5. The van der Waals surface area contributed by atoms with Gasteiger partial charge in [0, 0.05) is 6.92 Å². The summed E-state index contributed by atoms with van der Waals surface area (Å²) in [6, 6.07) is -1.20. The summed E-state index contributed by atoms with van der Waals surface area (Å²) in [6.45, 7) is 13.3. The molecule has 2 atom stereocenters. The molecule has 1 saturated heterocycles. The molecule has 0 unspecified atom stereocenters. The summed E-state index contributed by atoms with van der Waals surface area (Å²) in [5.74, 6) is -3.36. The lowest BCUT2D eigenvalue weighted by molar-refractivity contribution is -0.158. The zero-order valence-corrected chi connectivity index (χ0v) is 14.5. The van der Waals surface area contributed by atoms with Crippen molar-refractivity contribution in [1.29, 1.82) is 0 Å². The molecule has 6 heteroatoms. The van der Waals surface area contributed by atoms with Crippen LogP contribution in [0.5, 0.6) is 0 Å². The van der Waals surface area contributed by atoms with E-state index in [9.17, 15) is 13.6 Å². The molecule has 0 radical (unpaired) electrons. The molecule has 1 rings (SSSR count). The van der Waals surface area contributed by atoms with Gasteiger partial charge in [0.05, 0.1) is 0 Å². The van der Waals surface area contributed by atoms with Crippen LogP contribution >= 0.6 is 0 Å². The van der Waals surface area contributed by atoms with Crippen molar-refractivity contribution in [3.05, 3.63) is 0 Å². The van der Waals surface area contributed by atoms with Crippen molar-refractivity contribution in [3.63, 3.8) is 0 Å². The maximum Gasteiger partial charge on any atom is 0.268 e. The first-order valence-electron chi connectivity index (χ1n) is 7.30. The summed E-state index contributed by atoms with van der Waals surface area (Å²) in [4.78, 5) is 11.7. The van der Waals surface area contributed by atoms with Crippen LogP contribution in [0.15, 0.2) is 0 Å². The third kappa shape index (κ3) is 2.91. The van der Waals surface area contributed by atoms with E-state index < -0.39 is 32.3 Å². The lowest BCUT2D eigenvalue weighted by atomic mass is 9.97. The molecule has 0 aromatic rings. The Bertz CT molecular complexity index is 345. The highest BCUT2D eigenvalue weighted by atomic mass is 28.4.